The van der Waals surface area contributed by atoms with Crippen LogP contribution in [0.1, 0.15) is 35.9 Å². The number of hydrogen-bond acceptors (Lipinski definition) is 2. The van der Waals surface area contributed by atoms with Gasteiger partial charge in [0.15, 0.2) is 0 Å². The van der Waals surface area contributed by atoms with Crippen LogP contribution in [0.4, 0.5) is 0 Å². The van der Waals surface area contributed by atoms with Crippen molar-refractivity contribution in [2.24, 2.45) is 5.73 Å². The average molecular weight is 204 g/mol. The molecule has 1 unspecified atom stereocenters. The molecule has 2 nitrogen and oxygen atoms in total. The first-order valence-electron chi connectivity index (χ1n) is 5.68. The SMILES string of the molecule is CN(C)C(CN)c1ccc(C2CC2)cc1. The van der Waals surface area contributed by atoms with Gasteiger partial charge in [-0.15, -0.1) is 0 Å². The Morgan fingerprint density at radius 3 is 2.27 bits per heavy atom. The Morgan fingerprint density at radius 2 is 1.87 bits per heavy atom. The zero-order chi connectivity index (χ0) is 10.8. The number of nitrogens with two attached hydrogens (primary N) is 1. The van der Waals surface area contributed by atoms with Crippen LogP contribution in [0, 0.1) is 0 Å². The van der Waals surface area contributed by atoms with Gasteiger partial charge < -0.3 is 10.6 Å². The molecule has 0 aromatic heterocycles. The maximum atomic E-state index is 5.77. The third kappa shape index (κ3) is 2.39. The lowest BCUT2D eigenvalue weighted by Crippen LogP contribution is -2.27. The van der Waals surface area contributed by atoms with Crippen LogP contribution in [-0.4, -0.2) is 25.5 Å². The van der Waals surface area contributed by atoms with Gasteiger partial charge in [0, 0.05) is 12.6 Å². The van der Waals surface area contributed by atoms with Crippen LogP contribution in [-0.2, 0) is 0 Å². The van der Waals surface area contributed by atoms with E-state index in [1.807, 2.05) is 0 Å². The van der Waals surface area contributed by atoms with Crippen LogP contribution in [0.3, 0.4) is 0 Å². The number of likely N-dealkylation sites (N-methyl/N-ethyl adjacent to an activating group) is 1. The van der Waals surface area contributed by atoms with E-state index in [4.69, 9.17) is 5.73 Å². The van der Waals surface area contributed by atoms with Crippen molar-refractivity contribution in [3.8, 4) is 0 Å². The van der Waals surface area contributed by atoms with E-state index in [2.05, 4.69) is 43.3 Å². The molecule has 2 N–H and O–H groups in total. The lowest BCUT2D eigenvalue weighted by atomic mass is 10.0. The molecule has 82 valence electrons. The zero-order valence-corrected chi connectivity index (χ0v) is 9.61. The molecule has 0 spiro atoms. The number of hydrogen-bond donors (Lipinski definition) is 1. The van der Waals surface area contributed by atoms with Crippen LogP contribution in [0.2, 0.25) is 0 Å². The van der Waals surface area contributed by atoms with Crippen molar-refractivity contribution in [1.82, 2.24) is 4.90 Å². The van der Waals surface area contributed by atoms with Gasteiger partial charge in [0.2, 0.25) is 0 Å². The first kappa shape index (κ1) is 10.7. The van der Waals surface area contributed by atoms with Crippen molar-refractivity contribution in [2.75, 3.05) is 20.6 Å². The molecular weight excluding hydrogens is 184 g/mol. The van der Waals surface area contributed by atoms with Gasteiger partial charge in [0.1, 0.15) is 0 Å². The largest absolute Gasteiger partial charge is 0.329 e. The van der Waals surface area contributed by atoms with E-state index in [0.717, 1.165) is 5.92 Å². The summed E-state index contributed by atoms with van der Waals surface area (Å²) < 4.78 is 0. The summed E-state index contributed by atoms with van der Waals surface area (Å²) in [5, 5.41) is 0. The first-order valence-corrected chi connectivity index (χ1v) is 5.68. The van der Waals surface area contributed by atoms with Gasteiger partial charge in [0.05, 0.1) is 0 Å². The maximum absolute atomic E-state index is 5.77. The molecule has 1 fully saturated rings. The fourth-order valence-corrected chi connectivity index (χ4v) is 2.05. The van der Waals surface area contributed by atoms with Crippen LogP contribution >= 0.6 is 0 Å². The molecular formula is C13H20N2. The minimum Gasteiger partial charge on any atom is -0.329 e. The Bertz CT molecular complexity index is 312. The van der Waals surface area contributed by atoms with Crippen molar-refractivity contribution in [1.29, 1.82) is 0 Å². The lowest BCUT2D eigenvalue weighted by Gasteiger charge is -2.23. The molecule has 1 saturated carbocycles. The second kappa shape index (κ2) is 4.33. The maximum Gasteiger partial charge on any atom is 0.0464 e. The summed E-state index contributed by atoms with van der Waals surface area (Å²) in [7, 11) is 4.15. The molecule has 15 heavy (non-hydrogen) atoms. The highest BCUT2D eigenvalue weighted by molar-refractivity contribution is 5.29. The highest BCUT2D eigenvalue weighted by atomic mass is 15.1. The molecule has 1 aliphatic rings. The second-order valence-electron chi connectivity index (χ2n) is 4.66. The van der Waals surface area contributed by atoms with Crippen LogP contribution in [0.15, 0.2) is 24.3 Å². The van der Waals surface area contributed by atoms with E-state index < -0.39 is 0 Å². The summed E-state index contributed by atoms with van der Waals surface area (Å²) >= 11 is 0. The van der Waals surface area contributed by atoms with Gasteiger partial charge in [-0.1, -0.05) is 24.3 Å². The van der Waals surface area contributed by atoms with Crippen LogP contribution in [0.5, 0.6) is 0 Å². The van der Waals surface area contributed by atoms with Gasteiger partial charge in [0.25, 0.3) is 0 Å². The predicted molar refractivity (Wildman–Crippen MR) is 63.9 cm³/mol. The molecule has 0 amide bonds. The molecule has 1 atom stereocenters. The van der Waals surface area contributed by atoms with Gasteiger partial charge >= 0.3 is 0 Å². The highest BCUT2D eigenvalue weighted by Crippen LogP contribution is 2.40. The van der Waals surface area contributed by atoms with E-state index in [-0.39, 0.29) is 0 Å². The minimum absolute atomic E-state index is 0.346. The minimum atomic E-state index is 0.346. The molecule has 1 aromatic carbocycles. The number of rotatable bonds is 4. The standard InChI is InChI=1S/C13H20N2/c1-15(2)13(9-14)12-7-5-11(6-8-12)10-3-4-10/h5-8,10,13H,3-4,9,14H2,1-2H3. The van der Waals surface area contributed by atoms with E-state index in [1.54, 1.807) is 0 Å². The Labute approximate surface area is 92.1 Å². The molecule has 1 aromatic rings. The van der Waals surface area contributed by atoms with Crippen molar-refractivity contribution < 1.29 is 0 Å². The van der Waals surface area contributed by atoms with Gasteiger partial charge in [-0.3, -0.25) is 0 Å². The summed E-state index contributed by atoms with van der Waals surface area (Å²) in [4.78, 5) is 2.17. The zero-order valence-electron chi connectivity index (χ0n) is 9.61. The summed E-state index contributed by atoms with van der Waals surface area (Å²) in [5.41, 5.74) is 8.59. The van der Waals surface area contributed by atoms with Crippen LogP contribution < -0.4 is 5.73 Å². The van der Waals surface area contributed by atoms with Crippen LogP contribution in [0.25, 0.3) is 0 Å². The summed E-state index contributed by atoms with van der Waals surface area (Å²) in [6.07, 6.45) is 2.74. The molecule has 1 aliphatic carbocycles. The van der Waals surface area contributed by atoms with Crippen molar-refractivity contribution >= 4 is 0 Å². The quantitative estimate of drug-likeness (QED) is 0.814. The Hall–Kier alpha value is -0.860. The molecule has 0 radical (unpaired) electrons. The first-order chi connectivity index (χ1) is 7.22. The van der Waals surface area contributed by atoms with E-state index in [0.29, 0.717) is 12.6 Å². The number of benzene rings is 1. The lowest BCUT2D eigenvalue weighted by molar-refractivity contribution is 0.306. The fourth-order valence-electron chi connectivity index (χ4n) is 2.05. The van der Waals surface area contributed by atoms with Crippen molar-refractivity contribution in [3.05, 3.63) is 35.4 Å². The molecule has 0 heterocycles. The van der Waals surface area contributed by atoms with Gasteiger partial charge in [-0.2, -0.15) is 0 Å². The second-order valence-corrected chi connectivity index (χ2v) is 4.66. The van der Waals surface area contributed by atoms with E-state index >= 15 is 0 Å². The Morgan fingerprint density at radius 1 is 1.27 bits per heavy atom. The normalized spacial score (nSPS) is 18.1. The van der Waals surface area contributed by atoms with Gasteiger partial charge in [-0.25, -0.2) is 0 Å². The van der Waals surface area contributed by atoms with E-state index in [1.165, 1.54) is 24.0 Å². The average Bonchev–Trinajstić information content (AvgIpc) is 3.03. The topological polar surface area (TPSA) is 29.3 Å². The highest BCUT2D eigenvalue weighted by Gasteiger charge is 2.23. The Balaban J connectivity index is 2.13. The molecule has 0 aliphatic heterocycles. The summed E-state index contributed by atoms with van der Waals surface area (Å²) in [6, 6.07) is 9.33. The van der Waals surface area contributed by atoms with Crippen molar-refractivity contribution in [3.63, 3.8) is 0 Å². The summed E-state index contributed by atoms with van der Waals surface area (Å²) in [5.74, 6) is 0.842. The Kier molecular flexibility index (Phi) is 3.08. The third-order valence-corrected chi connectivity index (χ3v) is 3.22. The van der Waals surface area contributed by atoms with E-state index in [9.17, 15) is 0 Å². The predicted octanol–water partition coefficient (Wildman–Crippen LogP) is 2.13. The molecule has 2 heteroatoms. The molecule has 0 saturated heterocycles. The summed E-state index contributed by atoms with van der Waals surface area (Å²) in [6.45, 7) is 0.676. The third-order valence-electron chi connectivity index (χ3n) is 3.22. The monoisotopic (exact) mass is 204 g/mol. The number of nitrogens with zero attached hydrogens (tertiary/aromatic N) is 1. The fraction of sp³-hybridized carbons (Fsp3) is 0.538. The smallest absolute Gasteiger partial charge is 0.0464 e. The molecule has 2 rings (SSSR count). The van der Waals surface area contributed by atoms with Gasteiger partial charge in [-0.05, 0) is 44.0 Å². The van der Waals surface area contributed by atoms with Crippen molar-refractivity contribution in [2.45, 2.75) is 24.8 Å². The molecule has 0 bridgehead atoms.